The van der Waals surface area contributed by atoms with Crippen LogP contribution >= 0.6 is 12.4 Å². The van der Waals surface area contributed by atoms with E-state index in [1.54, 1.807) is 18.7 Å². The highest BCUT2D eigenvalue weighted by Crippen LogP contribution is 2.32. The molecule has 0 saturated carbocycles. The molecule has 0 atom stereocenters. The Bertz CT molecular complexity index is 1320. The first-order valence-corrected chi connectivity index (χ1v) is 10.8. The molecule has 34 heavy (non-hydrogen) atoms. The lowest BCUT2D eigenvalue weighted by atomic mass is 10.0. The van der Waals surface area contributed by atoms with Crippen molar-refractivity contribution in [3.05, 3.63) is 115 Å². The number of rotatable bonds is 7. The van der Waals surface area contributed by atoms with Gasteiger partial charge in [-0.2, -0.15) is 0 Å². The molecule has 0 aliphatic heterocycles. The van der Waals surface area contributed by atoms with E-state index < -0.39 is 0 Å². The van der Waals surface area contributed by atoms with Crippen molar-refractivity contribution in [3.63, 3.8) is 0 Å². The van der Waals surface area contributed by atoms with E-state index in [0.29, 0.717) is 19.0 Å². The summed E-state index contributed by atoms with van der Waals surface area (Å²) in [5, 5.41) is 0. The number of halogens is 1. The van der Waals surface area contributed by atoms with Gasteiger partial charge in [0.25, 0.3) is 0 Å². The fourth-order valence-electron chi connectivity index (χ4n) is 3.63. The van der Waals surface area contributed by atoms with Crippen molar-refractivity contribution < 1.29 is 9.15 Å². The molecular formula is C28H24ClN3O2. The molecule has 0 spiro atoms. The number of aromatic nitrogens is 2. The number of hydrogen-bond acceptors (Lipinski definition) is 5. The van der Waals surface area contributed by atoms with Crippen LogP contribution in [0.4, 0.5) is 0 Å². The lowest BCUT2D eigenvalue weighted by molar-refractivity contribution is 0.293. The van der Waals surface area contributed by atoms with Crippen molar-refractivity contribution in [2.75, 3.05) is 0 Å². The summed E-state index contributed by atoms with van der Waals surface area (Å²) in [6.45, 7) is 0.930. The van der Waals surface area contributed by atoms with Crippen LogP contribution in [-0.2, 0) is 13.2 Å². The monoisotopic (exact) mass is 469 g/mol. The normalized spacial score (nSPS) is 10.5. The molecule has 0 aliphatic rings. The van der Waals surface area contributed by atoms with Crippen LogP contribution in [0.25, 0.3) is 33.6 Å². The van der Waals surface area contributed by atoms with E-state index in [1.807, 2.05) is 72.8 Å². The third kappa shape index (κ3) is 5.17. The van der Waals surface area contributed by atoms with Gasteiger partial charge >= 0.3 is 0 Å². The number of nitrogens with zero attached hydrogens (tertiary/aromatic N) is 2. The fourth-order valence-corrected chi connectivity index (χ4v) is 3.63. The predicted molar refractivity (Wildman–Crippen MR) is 137 cm³/mol. The van der Waals surface area contributed by atoms with Crippen LogP contribution in [0, 0.1) is 0 Å². The molecule has 6 heteroatoms. The number of furan rings is 1. The van der Waals surface area contributed by atoms with Crippen LogP contribution in [0.5, 0.6) is 5.88 Å². The molecule has 0 amide bonds. The maximum atomic E-state index is 5.96. The summed E-state index contributed by atoms with van der Waals surface area (Å²) >= 11 is 0. The second kappa shape index (κ2) is 10.8. The Labute approximate surface area is 204 Å². The van der Waals surface area contributed by atoms with Crippen molar-refractivity contribution in [3.8, 4) is 39.5 Å². The zero-order chi connectivity index (χ0) is 22.5. The Morgan fingerprint density at radius 3 is 2.06 bits per heavy atom. The summed E-state index contributed by atoms with van der Waals surface area (Å²) in [6, 6.07) is 28.3. The first-order chi connectivity index (χ1) is 16.3. The van der Waals surface area contributed by atoms with E-state index in [-0.39, 0.29) is 12.4 Å². The molecule has 0 saturated heterocycles. The lowest BCUT2D eigenvalue weighted by Gasteiger charge is -2.12. The number of nitrogens with two attached hydrogens (primary N) is 1. The predicted octanol–water partition coefficient (Wildman–Crippen LogP) is 6.53. The maximum absolute atomic E-state index is 5.96. The molecule has 5 rings (SSSR count). The number of hydrogen-bond donors (Lipinski definition) is 1. The van der Waals surface area contributed by atoms with Gasteiger partial charge < -0.3 is 14.9 Å². The fraction of sp³-hybridized carbons (Fsp3) is 0.0714. The van der Waals surface area contributed by atoms with E-state index in [9.17, 15) is 0 Å². The molecule has 5 aromatic rings. The molecule has 0 aliphatic carbocycles. The summed E-state index contributed by atoms with van der Waals surface area (Å²) in [5.74, 6) is 0.482. The van der Waals surface area contributed by atoms with Crippen LogP contribution in [0.1, 0.15) is 11.1 Å². The van der Waals surface area contributed by atoms with Gasteiger partial charge in [-0.3, -0.25) is 0 Å². The minimum atomic E-state index is 0. The number of benzene rings is 3. The zero-order valence-electron chi connectivity index (χ0n) is 18.4. The lowest BCUT2D eigenvalue weighted by Crippen LogP contribution is -2.01. The molecule has 2 N–H and O–H groups in total. The minimum absolute atomic E-state index is 0. The largest absolute Gasteiger partial charge is 0.472 e. The van der Waals surface area contributed by atoms with Gasteiger partial charge in [0.05, 0.1) is 24.4 Å². The molecule has 0 unspecified atom stereocenters. The van der Waals surface area contributed by atoms with Crippen LogP contribution in [0.3, 0.4) is 0 Å². The van der Waals surface area contributed by atoms with Crippen molar-refractivity contribution in [1.82, 2.24) is 9.97 Å². The Hall–Kier alpha value is -3.93. The SMILES string of the molecule is Cl.NCc1ccc(-c2ncc(OCc3ccccc3)nc2-c2ccc(-c3ccoc3)cc2)cc1. The van der Waals surface area contributed by atoms with E-state index in [2.05, 4.69) is 12.1 Å². The van der Waals surface area contributed by atoms with Gasteiger partial charge in [-0.15, -0.1) is 12.4 Å². The summed E-state index contributed by atoms with van der Waals surface area (Å²) < 4.78 is 11.2. The van der Waals surface area contributed by atoms with E-state index in [4.69, 9.17) is 24.9 Å². The van der Waals surface area contributed by atoms with Crippen molar-refractivity contribution in [1.29, 1.82) is 0 Å². The maximum Gasteiger partial charge on any atom is 0.233 e. The van der Waals surface area contributed by atoms with Gasteiger partial charge in [0, 0.05) is 23.2 Å². The summed E-state index contributed by atoms with van der Waals surface area (Å²) in [6.07, 6.45) is 5.08. The van der Waals surface area contributed by atoms with Crippen molar-refractivity contribution in [2.24, 2.45) is 5.73 Å². The number of ether oxygens (including phenoxy) is 1. The smallest absolute Gasteiger partial charge is 0.233 e. The molecule has 0 fully saturated rings. The quantitative estimate of drug-likeness (QED) is 0.293. The second-order valence-corrected chi connectivity index (χ2v) is 7.67. The van der Waals surface area contributed by atoms with Gasteiger partial charge in [0.2, 0.25) is 5.88 Å². The van der Waals surface area contributed by atoms with Gasteiger partial charge in [0.15, 0.2) is 0 Å². The molecule has 5 nitrogen and oxygen atoms in total. The first kappa shape index (κ1) is 23.2. The third-order valence-corrected chi connectivity index (χ3v) is 5.46. The third-order valence-electron chi connectivity index (χ3n) is 5.46. The van der Waals surface area contributed by atoms with Gasteiger partial charge in [-0.1, -0.05) is 78.9 Å². The van der Waals surface area contributed by atoms with Crippen molar-refractivity contribution in [2.45, 2.75) is 13.2 Å². The Balaban J connectivity index is 0.00000274. The summed E-state index contributed by atoms with van der Waals surface area (Å²) in [7, 11) is 0. The molecule has 170 valence electrons. The van der Waals surface area contributed by atoms with Gasteiger partial charge in [0.1, 0.15) is 12.3 Å². The topological polar surface area (TPSA) is 74.2 Å². The Morgan fingerprint density at radius 1 is 0.706 bits per heavy atom. The van der Waals surface area contributed by atoms with Crippen LogP contribution in [0.15, 0.2) is 108 Å². The molecule has 0 radical (unpaired) electrons. The van der Waals surface area contributed by atoms with Crippen LogP contribution in [-0.4, -0.2) is 9.97 Å². The molecular weight excluding hydrogens is 446 g/mol. The molecule has 2 heterocycles. The summed E-state index contributed by atoms with van der Waals surface area (Å²) in [4.78, 5) is 9.57. The van der Waals surface area contributed by atoms with Crippen molar-refractivity contribution >= 4 is 12.4 Å². The average molecular weight is 470 g/mol. The molecule has 2 aromatic heterocycles. The zero-order valence-corrected chi connectivity index (χ0v) is 19.2. The summed E-state index contributed by atoms with van der Waals surface area (Å²) in [5.41, 5.74) is 13.5. The molecule has 0 bridgehead atoms. The minimum Gasteiger partial charge on any atom is -0.472 e. The highest BCUT2D eigenvalue weighted by atomic mass is 35.5. The van der Waals surface area contributed by atoms with Crippen LogP contribution in [0.2, 0.25) is 0 Å². The van der Waals surface area contributed by atoms with E-state index in [0.717, 1.165) is 44.8 Å². The second-order valence-electron chi connectivity index (χ2n) is 7.67. The Kier molecular flexibility index (Phi) is 7.38. The van der Waals surface area contributed by atoms with E-state index >= 15 is 0 Å². The first-order valence-electron chi connectivity index (χ1n) is 10.8. The highest BCUT2D eigenvalue weighted by molar-refractivity contribution is 5.85. The van der Waals surface area contributed by atoms with Gasteiger partial charge in [-0.25, -0.2) is 9.97 Å². The highest BCUT2D eigenvalue weighted by Gasteiger charge is 2.14. The molecule has 3 aromatic carbocycles. The van der Waals surface area contributed by atoms with Gasteiger partial charge in [-0.05, 0) is 22.8 Å². The standard InChI is InChI=1S/C28H23N3O2.ClH/c29-16-20-6-8-23(9-7-20)27-28(24-12-10-22(11-13-24)25-14-15-32-19-25)31-26(17-30-27)33-18-21-4-2-1-3-5-21;/h1-15,17,19H,16,18,29H2;1H. The Morgan fingerprint density at radius 2 is 1.38 bits per heavy atom. The average Bonchev–Trinajstić information content (AvgIpc) is 3.43. The van der Waals surface area contributed by atoms with Crippen LogP contribution < -0.4 is 10.5 Å². The van der Waals surface area contributed by atoms with E-state index in [1.165, 1.54) is 0 Å².